The Kier molecular flexibility index (Phi) is 5.07. The van der Waals surface area contributed by atoms with Crippen molar-refractivity contribution in [3.05, 3.63) is 64.4 Å². The van der Waals surface area contributed by atoms with Crippen molar-refractivity contribution in [3.63, 3.8) is 0 Å². The Morgan fingerprint density at radius 1 is 1.25 bits per heavy atom. The van der Waals surface area contributed by atoms with Gasteiger partial charge in [0.25, 0.3) is 5.91 Å². The smallest absolute Gasteiger partial charge is 0.254 e. The summed E-state index contributed by atoms with van der Waals surface area (Å²) in [5.74, 6) is 0.197. The zero-order valence-corrected chi connectivity index (χ0v) is 12.2. The van der Waals surface area contributed by atoms with Crippen molar-refractivity contribution in [1.82, 2.24) is 10.3 Å². The van der Waals surface area contributed by atoms with Crippen LogP contribution in [0.3, 0.4) is 0 Å². The minimum Gasteiger partial charge on any atom is -0.352 e. The maximum Gasteiger partial charge on any atom is 0.254 e. The van der Waals surface area contributed by atoms with E-state index in [9.17, 15) is 4.79 Å². The SMILES string of the molecule is CCC(CNC(=O)c1ccc[nH]c1=S)c1ccccc1. The zero-order chi connectivity index (χ0) is 14.4. The van der Waals surface area contributed by atoms with Gasteiger partial charge in [-0.1, -0.05) is 49.5 Å². The first-order chi connectivity index (χ1) is 9.72. The van der Waals surface area contributed by atoms with Crippen molar-refractivity contribution in [1.29, 1.82) is 0 Å². The maximum atomic E-state index is 12.1. The molecule has 2 rings (SSSR count). The predicted octanol–water partition coefficient (Wildman–Crippen LogP) is 3.67. The number of benzene rings is 1. The van der Waals surface area contributed by atoms with Gasteiger partial charge < -0.3 is 10.3 Å². The van der Waals surface area contributed by atoms with Gasteiger partial charge in [-0.2, -0.15) is 0 Å². The Labute approximate surface area is 124 Å². The van der Waals surface area contributed by atoms with Crippen molar-refractivity contribution in [3.8, 4) is 0 Å². The molecule has 1 aromatic carbocycles. The molecule has 0 radical (unpaired) electrons. The third-order valence-electron chi connectivity index (χ3n) is 3.34. The Balaban J connectivity index is 2.03. The van der Waals surface area contributed by atoms with Gasteiger partial charge in [-0.05, 0) is 24.1 Å². The number of aromatic nitrogens is 1. The molecule has 104 valence electrons. The van der Waals surface area contributed by atoms with Crippen molar-refractivity contribution < 1.29 is 4.79 Å². The molecule has 1 aromatic heterocycles. The fraction of sp³-hybridized carbons (Fsp3) is 0.250. The summed E-state index contributed by atoms with van der Waals surface area (Å²) < 4.78 is 0.470. The normalized spacial score (nSPS) is 11.8. The lowest BCUT2D eigenvalue weighted by Crippen LogP contribution is -2.28. The predicted molar refractivity (Wildman–Crippen MR) is 83.4 cm³/mol. The van der Waals surface area contributed by atoms with Gasteiger partial charge in [0.1, 0.15) is 4.64 Å². The quantitative estimate of drug-likeness (QED) is 0.824. The van der Waals surface area contributed by atoms with Gasteiger partial charge in [-0.25, -0.2) is 0 Å². The van der Waals surface area contributed by atoms with Crippen LogP contribution in [0, 0.1) is 4.64 Å². The van der Waals surface area contributed by atoms with E-state index in [1.54, 1.807) is 18.3 Å². The lowest BCUT2D eigenvalue weighted by Gasteiger charge is -2.16. The molecule has 0 bridgehead atoms. The first-order valence-electron chi connectivity index (χ1n) is 6.73. The van der Waals surface area contributed by atoms with Crippen molar-refractivity contribution in [2.45, 2.75) is 19.3 Å². The Morgan fingerprint density at radius 2 is 2.00 bits per heavy atom. The Morgan fingerprint density at radius 3 is 2.65 bits per heavy atom. The fourth-order valence-electron chi connectivity index (χ4n) is 2.13. The largest absolute Gasteiger partial charge is 0.352 e. The molecule has 20 heavy (non-hydrogen) atoms. The van der Waals surface area contributed by atoms with Gasteiger partial charge in [0.2, 0.25) is 0 Å². The van der Waals surface area contributed by atoms with E-state index in [4.69, 9.17) is 12.2 Å². The number of aromatic amines is 1. The number of pyridine rings is 1. The average molecular weight is 286 g/mol. The molecule has 1 unspecified atom stereocenters. The minimum absolute atomic E-state index is 0.124. The zero-order valence-electron chi connectivity index (χ0n) is 11.4. The highest BCUT2D eigenvalue weighted by molar-refractivity contribution is 7.71. The molecule has 0 saturated carbocycles. The van der Waals surface area contributed by atoms with Crippen LogP contribution in [0.2, 0.25) is 0 Å². The third kappa shape index (κ3) is 3.54. The summed E-state index contributed by atoms with van der Waals surface area (Å²) in [5.41, 5.74) is 1.76. The second-order valence-corrected chi connectivity index (χ2v) is 5.05. The minimum atomic E-state index is -0.124. The van der Waals surface area contributed by atoms with Gasteiger partial charge in [0, 0.05) is 18.7 Å². The molecule has 0 aliphatic rings. The van der Waals surface area contributed by atoms with E-state index >= 15 is 0 Å². The lowest BCUT2D eigenvalue weighted by molar-refractivity contribution is 0.0950. The molecule has 3 nitrogen and oxygen atoms in total. The lowest BCUT2D eigenvalue weighted by atomic mass is 9.96. The molecule has 0 saturated heterocycles. The molecule has 0 fully saturated rings. The van der Waals surface area contributed by atoms with Crippen LogP contribution in [0.15, 0.2) is 48.7 Å². The highest BCUT2D eigenvalue weighted by Gasteiger charge is 2.12. The highest BCUT2D eigenvalue weighted by Crippen LogP contribution is 2.18. The molecule has 1 heterocycles. The van der Waals surface area contributed by atoms with E-state index in [2.05, 4.69) is 29.4 Å². The van der Waals surface area contributed by atoms with Gasteiger partial charge in [-0.3, -0.25) is 4.79 Å². The molecule has 2 N–H and O–H groups in total. The first-order valence-corrected chi connectivity index (χ1v) is 7.14. The van der Waals surface area contributed by atoms with Crippen molar-refractivity contribution in [2.24, 2.45) is 0 Å². The number of rotatable bonds is 5. The second-order valence-electron chi connectivity index (χ2n) is 4.64. The molecule has 0 aliphatic carbocycles. The van der Waals surface area contributed by atoms with E-state index < -0.39 is 0 Å². The first kappa shape index (κ1) is 14.5. The third-order valence-corrected chi connectivity index (χ3v) is 3.67. The van der Waals surface area contributed by atoms with E-state index in [1.807, 2.05) is 18.2 Å². The van der Waals surface area contributed by atoms with Crippen LogP contribution in [0.5, 0.6) is 0 Å². The summed E-state index contributed by atoms with van der Waals surface area (Å²) in [4.78, 5) is 15.0. The monoisotopic (exact) mass is 286 g/mol. The molecular weight excluding hydrogens is 268 g/mol. The fourth-order valence-corrected chi connectivity index (χ4v) is 2.36. The standard InChI is InChI=1S/C16H18N2OS/c1-2-12(13-7-4-3-5-8-13)11-18-15(19)14-9-6-10-17-16(14)20/h3-10,12H,2,11H2,1H3,(H,17,20)(H,18,19). The molecule has 1 atom stereocenters. The number of nitrogens with one attached hydrogen (secondary N) is 2. The summed E-state index contributed by atoms with van der Waals surface area (Å²) >= 11 is 5.11. The van der Waals surface area contributed by atoms with Gasteiger partial charge in [-0.15, -0.1) is 0 Å². The summed E-state index contributed by atoms with van der Waals surface area (Å²) in [6, 6.07) is 13.7. The van der Waals surface area contributed by atoms with Crippen molar-refractivity contribution >= 4 is 18.1 Å². The second kappa shape index (κ2) is 7.01. The van der Waals surface area contributed by atoms with E-state index in [0.29, 0.717) is 22.7 Å². The molecule has 0 aliphatic heterocycles. The molecule has 1 amide bonds. The highest BCUT2D eigenvalue weighted by atomic mass is 32.1. The maximum absolute atomic E-state index is 12.1. The number of hydrogen-bond acceptors (Lipinski definition) is 2. The number of carbonyl (C=O) groups is 1. The summed E-state index contributed by atoms with van der Waals surface area (Å²) in [6.07, 6.45) is 2.70. The van der Waals surface area contributed by atoms with Crippen LogP contribution in [-0.2, 0) is 0 Å². The average Bonchev–Trinajstić information content (AvgIpc) is 2.49. The number of carbonyl (C=O) groups excluding carboxylic acids is 1. The summed E-state index contributed by atoms with van der Waals surface area (Å²) in [7, 11) is 0. The van der Waals surface area contributed by atoms with Crippen LogP contribution >= 0.6 is 12.2 Å². The molecule has 0 spiro atoms. The number of hydrogen-bond donors (Lipinski definition) is 2. The van der Waals surface area contributed by atoms with E-state index in [-0.39, 0.29) is 5.91 Å². The van der Waals surface area contributed by atoms with Crippen LogP contribution in [0.4, 0.5) is 0 Å². The molecule has 4 heteroatoms. The molecule has 2 aromatic rings. The van der Waals surface area contributed by atoms with E-state index in [0.717, 1.165) is 6.42 Å². The summed E-state index contributed by atoms with van der Waals surface area (Å²) in [5, 5.41) is 2.96. The van der Waals surface area contributed by atoms with Crippen LogP contribution in [-0.4, -0.2) is 17.4 Å². The van der Waals surface area contributed by atoms with Gasteiger partial charge in [0.05, 0.1) is 5.56 Å². The van der Waals surface area contributed by atoms with Crippen LogP contribution in [0.25, 0.3) is 0 Å². The number of amides is 1. The molecular formula is C16H18N2OS. The van der Waals surface area contributed by atoms with Crippen LogP contribution in [0.1, 0.15) is 35.2 Å². The Hall–Kier alpha value is -1.94. The summed E-state index contributed by atoms with van der Waals surface area (Å²) in [6.45, 7) is 2.74. The number of H-pyrrole nitrogens is 1. The van der Waals surface area contributed by atoms with Gasteiger partial charge in [0.15, 0.2) is 0 Å². The Bertz CT molecular complexity index is 622. The van der Waals surface area contributed by atoms with E-state index in [1.165, 1.54) is 5.56 Å². The van der Waals surface area contributed by atoms with Crippen molar-refractivity contribution in [2.75, 3.05) is 6.54 Å². The van der Waals surface area contributed by atoms with Crippen LogP contribution < -0.4 is 5.32 Å². The van der Waals surface area contributed by atoms with Gasteiger partial charge >= 0.3 is 0 Å². The topological polar surface area (TPSA) is 44.9 Å².